The van der Waals surface area contributed by atoms with Crippen molar-refractivity contribution in [3.05, 3.63) is 54.0 Å². The number of carbonyl (C=O) groups is 3. The van der Waals surface area contributed by atoms with Gasteiger partial charge >= 0.3 is 0 Å². The van der Waals surface area contributed by atoms with Gasteiger partial charge in [-0.3, -0.25) is 14.4 Å². The molecule has 8 heteroatoms. The van der Waals surface area contributed by atoms with Gasteiger partial charge in [-0.2, -0.15) is 11.8 Å². The lowest BCUT2D eigenvalue weighted by Crippen LogP contribution is -2.55. The number of benzene rings is 1. The van der Waals surface area contributed by atoms with E-state index in [9.17, 15) is 14.4 Å². The number of carbonyl (C=O) groups excluding carboxylic acids is 3. The highest BCUT2D eigenvalue weighted by Crippen LogP contribution is 2.18. The molecule has 1 N–H and O–H groups in total. The van der Waals surface area contributed by atoms with Crippen LogP contribution in [0.15, 0.2) is 47.1 Å². The molecular formula is C22H27N3O4S. The number of rotatable bonds is 8. The van der Waals surface area contributed by atoms with Gasteiger partial charge in [0.05, 0.1) is 6.26 Å². The van der Waals surface area contributed by atoms with E-state index in [1.54, 1.807) is 30.8 Å². The Balaban J connectivity index is 1.59. The quantitative estimate of drug-likeness (QED) is 0.650. The van der Waals surface area contributed by atoms with Crippen LogP contribution in [0.2, 0.25) is 0 Å². The molecule has 0 bridgehead atoms. The Morgan fingerprint density at radius 1 is 1.10 bits per heavy atom. The van der Waals surface area contributed by atoms with E-state index in [0.717, 1.165) is 11.4 Å². The van der Waals surface area contributed by atoms with Crippen molar-refractivity contribution >= 4 is 35.0 Å². The molecule has 1 aromatic carbocycles. The number of ketones is 1. The fourth-order valence-corrected chi connectivity index (χ4v) is 3.91. The predicted molar refractivity (Wildman–Crippen MR) is 118 cm³/mol. The average Bonchev–Trinajstić information content (AvgIpc) is 3.31. The third-order valence-corrected chi connectivity index (χ3v) is 5.83. The van der Waals surface area contributed by atoms with E-state index >= 15 is 0 Å². The first-order valence-electron chi connectivity index (χ1n) is 9.97. The van der Waals surface area contributed by atoms with Crippen LogP contribution >= 0.6 is 11.8 Å². The largest absolute Gasteiger partial charge is 0.459 e. The highest BCUT2D eigenvalue weighted by molar-refractivity contribution is 7.98. The Morgan fingerprint density at radius 2 is 1.80 bits per heavy atom. The second kappa shape index (κ2) is 10.3. The first-order valence-corrected chi connectivity index (χ1v) is 11.4. The Kier molecular flexibility index (Phi) is 7.57. The molecule has 1 aliphatic rings. The van der Waals surface area contributed by atoms with Gasteiger partial charge in [-0.15, -0.1) is 0 Å². The maximum atomic E-state index is 13.1. The smallest absolute Gasteiger partial charge is 0.287 e. The van der Waals surface area contributed by atoms with Crippen molar-refractivity contribution in [1.82, 2.24) is 10.2 Å². The second-order valence-corrected chi connectivity index (χ2v) is 8.19. The molecule has 0 aliphatic carbocycles. The van der Waals surface area contributed by atoms with Crippen molar-refractivity contribution in [2.75, 3.05) is 43.1 Å². The Morgan fingerprint density at radius 3 is 2.37 bits per heavy atom. The summed E-state index contributed by atoms with van der Waals surface area (Å²) in [6.45, 7) is 4.12. The van der Waals surface area contributed by atoms with Crippen LogP contribution < -0.4 is 10.2 Å². The molecule has 1 unspecified atom stereocenters. The summed E-state index contributed by atoms with van der Waals surface area (Å²) in [7, 11) is 0. The molecule has 2 heterocycles. The maximum Gasteiger partial charge on any atom is 0.287 e. The van der Waals surface area contributed by atoms with E-state index in [1.807, 2.05) is 35.4 Å². The minimum Gasteiger partial charge on any atom is -0.459 e. The van der Waals surface area contributed by atoms with Gasteiger partial charge in [0, 0.05) is 37.4 Å². The topological polar surface area (TPSA) is 82.9 Å². The fraction of sp³-hybridized carbons (Fsp3) is 0.409. The number of piperazine rings is 1. The van der Waals surface area contributed by atoms with Gasteiger partial charge in [-0.25, -0.2) is 0 Å². The van der Waals surface area contributed by atoms with Gasteiger partial charge in [0.1, 0.15) is 6.04 Å². The number of nitrogens with zero attached hydrogens (tertiary/aromatic N) is 2. The number of amides is 2. The van der Waals surface area contributed by atoms with E-state index < -0.39 is 6.04 Å². The number of Topliss-reactive ketones (excluding diaryl/α,β-unsaturated/α-hetero) is 1. The van der Waals surface area contributed by atoms with Crippen LogP contribution in [0.4, 0.5) is 5.69 Å². The summed E-state index contributed by atoms with van der Waals surface area (Å²) < 4.78 is 5.14. The molecule has 1 aliphatic heterocycles. The SMILES string of the molecule is CSCCC(NC(=O)c1ccco1)C(=O)N1CCN(c2ccc(C(C)=O)cc2)CC1. The van der Waals surface area contributed by atoms with Gasteiger partial charge in [0.25, 0.3) is 5.91 Å². The molecule has 1 atom stereocenters. The first-order chi connectivity index (χ1) is 14.5. The summed E-state index contributed by atoms with van der Waals surface area (Å²) in [6, 6.07) is 10.2. The predicted octanol–water partition coefficient (Wildman–Crippen LogP) is 2.68. The number of hydrogen-bond donors (Lipinski definition) is 1. The minimum absolute atomic E-state index is 0.0462. The summed E-state index contributed by atoms with van der Waals surface area (Å²) in [5, 5.41) is 2.83. The molecule has 1 fully saturated rings. The molecular weight excluding hydrogens is 402 g/mol. The van der Waals surface area contributed by atoms with Gasteiger partial charge < -0.3 is 19.5 Å². The van der Waals surface area contributed by atoms with Crippen LogP contribution in [0.3, 0.4) is 0 Å². The monoisotopic (exact) mass is 429 g/mol. The lowest BCUT2D eigenvalue weighted by Gasteiger charge is -2.37. The molecule has 7 nitrogen and oxygen atoms in total. The van der Waals surface area contributed by atoms with Crippen molar-refractivity contribution in [2.45, 2.75) is 19.4 Å². The number of anilines is 1. The summed E-state index contributed by atoms with van der Waals surface area (Å²) >= 11 is 1.64. The van der Waals surface area contributed by atoms with E-state index in [0.29, 0.717) is 38.2 Å². The zero-order chi connectivity index (χ0) is 21.5. The zero-order valence-electron chi connectivity index (χ0n) is 17.3. The number of thioether (sulfide) groups is 1. The van der Waals surface area contributed by atoms with E-state index in [1.165, 1.54) is 6.26 Å². The van der Waals surface area contributed by atoms with Crippen molar-refractivity contribution in [3.63, 3.8) is 0 Å². The summed E-state index contributed by atoms with van der Waals surface area (Å²) in [6.07, 6.45) is 3.99. The third-order valence-electron chi connectivity index (χ3n) is 5.19. The highest BCUT2D eigenvalue weighted by atomic mass is 32.2. The van der Waals surface area contributed by atoms with Crippen LogP contribution in [-0.4, -0.2) is 66.7 Å². The molecule has 1 aromatic heterocycles. The number of hydrogen-bond acceptors (Lipinski definition) is 6. The fourth-order valence-electron chi connectivity index (χ4n) is 3.44. The Hall–Kier alpha value is -2.74. The van der Waals surface area contributed by atoms with E-state index in [4.69, 9.17) is 4.42 Å². The molecule has 30 heavy (non-hydrogen) atoms. The molecule has 0 saturated carbocycles. The van der Waals surface area contributed by atoms with E-state index in [-0.39, 0.29) is 23.4 Å². The second-order valence-electron chi connectivity index (χ2n) is 7.20. The van der Waals surface area contributed by atoms with Crippen molar-refractivity contribution in [1.29, 1.82) is 0 Å². The van der Waals surface area contributed by atoms with Gasteiger partial charge in [0.15, 0.2) is 11.5 Å². The zero-order valence-corrected chi connectivity index (χ0v) is 18.1. The van der Waals surface area contributed by atoms with Crippen molar-refractivity contribution in [2.24, 2.45) is 0 Å². The molecule has 2 aromatic rings. The molecule has 0 radical (unpaired) electrons. The van der Waals surface area contributed by atoms with Gasteiger partial charge in [0.2, 0.25) is 5.91 Å². The van der Waals surface area contributed by atoms with Crippen molar-refractivity contribution < 1.29 is 18.8 Å². The standard InChI is InChI=1S/C22H27N3O4S/c1-16(26)17-5-7-18(8-6-17)24-10-12-25(13-11-24)22(28)19(9-15-30-2)23-21(27)20-4-3-14-29-20/h3-8,14,19H,9-13,15H2,1-2H3,(H,23,27). The van der Waals surface area contributed by atoms with Crippen LogP contribution in [-0.2, 0) is 4.79 Å². The molecule has 1 saturated heterocycles. The summed E-state index contributed by atoms with van der Waals surface area (Å²) in [5.41, 5.74) is 1.73. The van der Waals surface area contributed by atoms with Crippen molar-refractivity contribution in [3.8, 4) is 0 Å². The first kappa shape index (κ1) is 22.0. The molecule has 2 amide bonds. The van der Waals surface area contributed by atoms with Crippen LogP contribution in [0.1, 0.15) is 34.3 Å². The molecule has 160 valence electrons. The Labute approximate surface area is 180 Å². The van der Waals surface area contributed by atoms with Gasteiger partial charge in [-0.05, 0) is 61.8 Å². The molecule has 0 spiro atoms. The highest BCUT2D eigenvalue weighted by Gasteiger charge is 2.29. The normalized spacial score (nSPS) is 15.0. The molecule has 3 rings (SSSR count). The van der Waals surface area contributed by atoms with Gasteiger partial charge in [-0.1, -0.05) is 0 Å². The number of furan rings is 1. The summed E-state index contributed by atoms with van der Waals surface area (Å²) in [4.78, 5) is 40.9. The number of nitrogens with one attached hydrogen (secondary N) is 1. The maximum absolute atomic E-state index is 13.1. The summed E-state index contributed by atoms with van der Waals surface area (Å²) in [5.74, 6) is 0.594. The lowest BCUT2D eigenvalue weighted by molar-refractivity contribution is -0.133. The van der Waals surface area contributed by atoms with Crippen LogP contribution in [0.5, 0.6) is 0 Å². The third kappa shape index (κ3) is 5.44. The Bertz CT molecular complexity index is 859. The minimum atomic E-state index is -0.573. The average molecular weight is 430 g/mol. The van der Waals surface area contributed by atoms with E-state index in [2.05, 4.69) is 10.2 Å². The van der Waals surface area contributed by atoms with Crippen LogP contribution in [0, 0.1) is 0 Å². The lowest BCUT2D eigenvalue weighted by atomic mass is 10.1. The van der Waals surface area contributed by atoms with Crippen LogP contribution in [0.25, 0.3) is 0 Å².